The fraction of sp³-hybridized carbons (Fsp3) is 0.125. The molecule has 0 spiro atoms. The van der Waals surface area contributed by atoms with E-state index in [9.17, 15) is 9.59 Å². The molecule has 3 amide bonds. The lowest BCUT2D eigenvalue weighted by molar-refractivity contribution is 0.0999. The number of amides is 3. The molecule has 0 aliphatic rings. The van der Waals surface area contributed by atoms with Gasteiger partial charge in [-0.25, -0.2) is 4.79 Å². The maximum absolute atomic E-state index is 12.1. The molecule has 4 N–H and O–H groups in total. The molecule has 0 aromatic heterocycles. The summed E-state index contributed by atoms with van der Waals surface area (Å²) in [4.78, 5) is 23.3. The minimum Gasteiger partial charge on any atom is -0.466 e. The highest BCUT2D eigenvalue weighted by molar-refractivity contribution is 6.68. The van der Waals surface area contributed by atoms with Crippen LogP contribution in [0.3, 0.4) is 0 Å². The van der Waals surface area contributed by atoms with Crippen LogP contribution >= 0.6 is 34.8 Å². The highest BCUT2D eigenvalue weighted by Gasteiger charge is 2.36. The van der Waals surface area contributed by atoms with Crippen molar-refractivity contribution in [3.8, 4) is 5.75 Å². The van der Waals surface area contributed by atoms with Gasteiger partial charge in [0.1, 0.15) is 5.75 Å². The molecule has 25 heavy (non-hydrogen) atoms. The summed E-state index contributed by atoms with van der Waals surface area (Å²) in [5, 5.41) is 5.00. The Balaban J connectivity index is 2.10. The van der Waals surface area contributed by atoms with E-state index in [2.05, 4.69) is 10.6 Å². The summed E-state index contributed by atoms with van der Waals surface area (Å²) in [7, 11) is 0. The number of carbonyl (C=O) groups excluding carboxylic acids is 2. The number of benzene rings is 2. The SMILES string of the molecule is NC(=O)c1cccc(O[C@H](NC(=O)Nc2ccccc2)C(Cl)(Cl)Cl)c1. The van der Waals surface area contributed by atoms with E-state index >= 15 is 0 Å². The molecule has 9 heteroatoms. The number of carbonyl (C=O) groups is 2. The third-order valence-electron chi connectivity index (χ3n) is 2.96. The van der Waals surface area contributed by atoms with Gasteiger partial charge in [0.25, 0.3) is 0 Å². The standard InChI is InChI=1S/C16H14Cl3N3O3/c17-16(18,19)14(22-15(24)21-11-6-2-1-3-7-11)25-12-8-4-5-10(9-12)13(20)23/h1-9,14H,(H2,20,23)(H2,21,22,24)/t14-/m0/s1. The van der Waals surface area contributed by atoms with Crippen LogP contribution in [-0.4, -0.2) is 22.0 Å². The number of hydrogen-bond acceptors (Lipinski definition) is 3. The minimum atomic E-state index is -1.96. The number of primary amides is 1. The minimum absolute atomic E-state index is 0.202. The molecule has 6 nitrogen and oxygen atoms in total. The zero-order valence-electron chi connectivity index (χ0n) is 12.7. The lowest BCUT2D eigenvalue weighted by Gasteiger charge is -2.26. The average molecular weight is 403 g/mol. The molecule has 1 atom stereocenters. The lowest BCUT2D eigenvalue weighted by Crippen LogP contribution is -2.49. The van der Waals surface area contributed by atoms with Crippen molar-refractivity contribution in [3.63, 3.8) is 0 Å². The number of hydrogen-bond donors (Lipinski definition) is 3. The van der Waals surface area contributed by atoms with Crippen LogP contribution in [0.4, 0.5) is 10.5 Å². The number of nitrogens with one attached hydrogen (secondary N) is 2. The maximum atomic E-state index is 12.1. The van der Waals surface area contributed by atoms with Gasteiger partial charge in [0.2, 0.25) is 15.9 Å². The molecule has 132 valence electrons. The van der Waals surface area contributed by atoms with Crippen LogP contribution in [0.5, 0.6) is 5.75 Å². The number of alkyl halides is 3. The van der Waals surface area contributed by atoms with E-state index < -0.39 is 22.0 Å². The normalized spacial score (nSPS) is 12.1. The number of para-hydroxylation sites is 1. The maximum Gasteiger partial charge on any atom is 0.322 e. The van der Waals surface area contributed by atoms with E-state index in [1.165, 1.54) is 18.2 Å². The molecule has 0 unspecified atom stereocenters. The predicted molar refractivity (Wildman–Crippen MR) is 98.3 cm³/mol. The van der Waals surface area contributed by atoms with Crippen molar-refractivity contribution in [1.82, 2.24) is 5.32 Å². The van der Waals surface area contributed by atoms with Gasteiger partial charge in [-0.3, -0.25) is 10.1 Å². The second-order valence-electron chi connectivity index (χ2n) is 4.90. The van der Waals surface area contributed by atoms with E-state index in [-0.39, 0.29) is 11.3 Å². The van der Waals surface area contributed by atoms with Gasteiger partial charge in [-0.05, 0) is 30.3 Å². The number of anilines is 1. The Bertz CT molecular complexity index is 751. The van der Waals surface area contributed by atoms with Crippen molar-refractivity contribution in [3.05, 3.63) is 60.2 Å². The van der Waals surface area contributed by atoms with Crippen molar-refractivity contribution in [1.29, 1.82) is 0 Å². The third kappa shape index (κ3) is 6.01. The van der Waals surface area contributed by atoms with E-state index in [1.54, 1.807) is 30.3 Å². The Hall–Kier alpha value is -2.15. The summed E-state index contributed by atoms with van der Waals surface area (Å²) in [6.45, 7) is 0. The van der Waals surface area contributed by atoms with Crippen LogP contribution in [0.1, 0.15) is 10.4 Å². The first-order chi connectivity index (χ1) is 11.8. The van der Waals surface area contributed by atoms with Crippen molar-refractivity contribution in [2.24, 2.45) is 5.73 Å². The van der Waals surface area contributed by atoms with Gasteiger partial charge in [0, 0.05) is 11.3 Å². The molecule has 0 bridgehead atoms. The van der Waals surface area contributed by atoms with Gasteiger partial charge in [0.05, 0.1) is 0 Å². The second kappa shape index (κ2) is 8.29. The number of urea groups is 1. The van der Waals surface area contributed by atoms with Crippen molar-refractivity contribution in [2.45, 2.75) is 10.0 Å². The molecule has 0 heterocycles. The Morgan fingerprint density at radius 1 is 1.04 bits per heavy atom. The van der Waals surface area contributed by atoms with Gasteiger partial charge in [0.15, 0.2) is 0 Å². The molecular weight excluding hydrogens is 389 g/mol. The number of halogens is 3. The molecule has 2 rings (SSSR count). The summed E-state index contributed by atoms with van der Waals surface area (Å²) >= 11 is 17.6. The molecule has 0 saturated carbocycles. The van der Waals surface area contributed by atoms with Crippen LogP contribution in [0.2, 0.25) is 0 Å². The first kappa shape index (κ1) is 19.2. The van der Waals surface area contributed by atoms with Crippen LogP contribution in [-0.2, 0) is 0 Å². The summed E-state index contributed by atoms with van der Waals surface area (Å²) in [6.07, 6.45) is -1.32. The predicted octanol–water partition coefficient (Wildman–Crippen LogP) is 3.68. The molecule has 0 aliphatic heterocycles. The van der Waals surface area contributed by atoms with Crippen LogP contribution in [0.25, 0.3) is 0 Å². The Kier molecular flexibility index (Phi) is 6.36. The summed E-state index contributed by atoms with van der Waals surface area (Å²) < 4.78 is 3.54. The van der Waals surface area contributed by atoms with Crippen LogP contribution in [0.15, 0.2) is 54.6 Å². The molecule has 2 aromatic carbocycles. The second-order valence-corrected chi connectivity index (χ2v) is 7.27. The van der Waals surface area contributed by atoms with E-state index in [0.29, 0.717) is 5.69 Å². The van der Waals surface area contributed by atoms with Gasteiger partial charge in [-0.15, -0.1) is 0 Å². The highest BCUT2D eigenvalue weighted by Crippen LogP contribution is 2.32. The quantitative estimate of drug-likeness (QED) is 0.526. The van der Waals surface area contributed by atoms with E-state index in [0.717, 1.165) is 0 Å². The lowest BCUT2D eigenvalue weighted by atomic mass is 10.2. The van der Waals surface area contributed by atoms with Crippen LogP contribution < -0.4 is 21.1 Å². The Morgan fingerprint density at radius 3 is 2.32 bits per heavy atom. The Morgan fingerprint density at radius 2 is 1.72 bits per heavy atom. The highest BCUT2D eigenvalue weighted by atomic mass is 35.6. The number of rotatable bonds is 5. The first-order valence-electron chi connectivity index (χ1n) is 7.01. The van der Waals surface area contributed by atoms with Crippen molar-refractivity contribution in [2.75, 3.05) is 5.32 Å². The van der Waals surface area contributed by atoms with Crippen molar-refractivity contribution >= 4 is 52.4 Å². The zero-order chi connectivity index (χ0) is 18.4. The summed E-state index contributed by atoms with van der Waals surface area (Å²) in [6, 6.07) is 14.1. The van der Waals surface area contributed by atoms with Gasteiger partial charge in [-0.1, -0.05) is 59.1 Å². The van der Waals surface area contributed by atoms with Gasteiger partial charge >= 0.3 is 6.03 Å². The number of nitrogens with two attached hydrogens (primary N) is 1. The van der Waals surface area contributed by atoms with Gasteiger partial charge < -0.3 is 15.8 Å². The molecule has 0 saturated heterocycles. The summed E-state index contributed by atoms with van der Waals surface area (Å²) in [5.41, 5.74) is 5.98. The molecular formula is C16H14Cl3N3O3. The fourth-order valence-electron chi connectivity index (χ4n) is 1.84. The van der Waals surface area contributed by atoms with E-state index in [1.807, 2.05) is 6.07 Å². The monoisotopic (exact) mass is 401 g/mol. The smallest absolute Gasteiger partial charge is 0.322 e. The average Bonchev–Trinajstić information content (AvgIpc) is 2.54. The third-order valence-corrected chi connectivity index (χ3v) is 3.56. The first-order valence-corrected chi connectivity index (χ1v) is 8.15. The van der Waals surface area contributed by atoms with E-state index in [4.69, 9.17) is 45.3 Å². The summed E-state index contributed by atoms with van der Waals surface area (Å²) in [5.74, 6) is -0.432. The van der Waals surface area contributed by atoms with Crippen molar-refractivity contribution < 1.29 is 14.3 Å². The zero-order valence-corrected chi connectivity index (χ0v) is 15.0. The van der Waals surface area contributed by atoms with Crippen LogP contribution in [0, 0.1) is 0 Å². The largest absolute Gasteiger partial charge is 0.466 e. The Labute approximate surface area is 159 Å². The fourth-order valence-corrected chi connectivity index (χ4v) is 2.14. The molecule has 0 radical (unpaired) electrons. The topological polar surface area (TPSA) is 93.5 Å². The molecule has 2 aromatic rings. The molecule has 0 fully saturated rings. The van der Waals surface area contributed by atoms with Gasteiger partial charge in [-0.2, -0.15) is 0 Å². The molecule has 0 aliphatic carbocycles. The number of ether oxygens (including phenoxy) is 1.